The summed E-state index contributed by atoms with van der Waals surface area (Å²) >= 11 is 0. The first kappa shape index (κ1) is 10.6. The van der Waals surface area contributed by atoms with Gasteiger partial charge in [0, 0.05) is 6.42 Å². The van der Waals surface area contributed by atoms with Crippen molar-refractivity contribution in [2.45, 2.75) is 44.6 Å². The predicted molar refractivity (Wildman–Crippen MR) is 52.3 cm³/mol. The third kappa shape index (κ3) is 3.80. The van der Waals surface area contributed by atoms with Crippen LogP contribution in [0.25, 0.3) is 0 Å². The molecule has 1 N–H and O–H groups in total. The summed E-state index contributed by atoms with van der Waals surface area (Å²) in [4.78, 5) is 0. The average Bonchev–Trinajstić information content (AvgIpc) is 2.92. The Morgan fingerprint density at radius 1 is 1.38 bits per heavy atom. The Morgan fingerprint density at radius 3 is 2.69 bits per heavy atom. The van der Waals surface area contributed by atoms with Gasteiger partial charge in [-0.25, -0.2) is 0 Å². The van der Waals surface area contributed by atoms with Gasteiger partial charge in [-0.3, -0.25) is 0 Å². The Morgan fingerprint density at radius 2 is 2.15 bits per heavy atom. The molecule has 0 saturated carbocycles. The lowest BCUT2D eigenvalue weighted by Crippen LogP contribution is -2.12. The highest BCUT2D eigenvalue weighted by molar-refractivity contribution is 5.20. The standard InChI is InChI=1S/C11H18O2/c1-2-3-4-5-6-7-8-11(9-12)10-13-11/h12H,2-6,9-10H2,1H3/t11-/m0/s1. The predicted octanol–water partition coefficient (Wildman–Crippen LogP) is 1.72. The van der Waals surface area contributed by atoms with Gasteiger partial charge in [0.05, 0.1) is 13.2 Å². The van der Waals surface area contributed by atoms with E-state index in [9.17, 15) is 0 Å². The summed E-state index contributed by atoms with van der Waals surface area (Å²) < 4.78 is 5.05. The molecule has 1 heterocycles. The van der Waals surface area contributed by atoms with Crippen LogP contribution in [0.2, 0.25) is 0 Å². The Bertz CT molecular complexity index is 196. The molecule has 0 bridgehead atoms. The van der Waals surface area contributed by atoms with Crippen molar-refractivity contribution >= 4 is 0 Å². The van der Waals surface area contributed by atoms with Crippen LogP contribution in [0.15, 0.2) is 0 Å². The van der Waals surface area contributed by atoms with Crippen molar-refractivity contribution in [3.8, 4) is 11.8 Å². The molecule has 1 saturated heterocycles. The quantitative estimate of drug-likeness (QED) is 0.399. The fraction of sp³-hybridized carbons (Fsp3) is 0.818. The maximum absolute atomic E-state index is 8.87. The van der Waals surface area contributed by atoms with Crippen molar-refractivity contribution in [2.24, 2.45) is 0 Å². The van der Waals surface area contributed by atoms with Crippen LogP contribution in [0.4, 0.5) is 0 Å². The maximum Gasteiger partial charge on any atom is 0.174 e. The lowest BCUT2D eigenvalue weighted by atomic mass is 10.1. The zero-order valence-electron chi connectivity index (χ0n) is 8.31. The first-order chi connectivity index (χ1) is 6.33. The molecule has 0 aromatic carbocycles. The summed E-state index contributed by atoms with van der Waals surface area (Å²) in [6.45, 7) is 2.84. The smallest absolute Gasteiger partial charge is 0.174 e. The van der Waals surface area contributed by atoms with Gasteiger partial charge in [0.2, 0.25) is 0 Å². The lowest BCUT2D eigenvalue weighted by molar-refractivity contribution is 0.209. The third-order valence-corrected chi connectivity index (χ3v) is 2.22. The fourth-order valence-electron chi connectivity index (χ4n) is 1.15. The van der Waals surface area contributed by atoms with Gasteiger partial charge in [0.1, 0.15) is 0 Å². The molecule has 0 amide bonds. The molecule has 0 radical (unpaired) electrons. The van der Waals surface area contributed by atoms with Gasteiger partial charge in [-0.1, -0.05) is 32.1 Å². The molecule has 0 aliphatic carbocycles. The van der Waals surface area contributed by atoms with Crippen molar-refractivity contribution in [2.75, 3.05) is 13.2 Å². The van der Waals surface area contributed by atoms with E-state index in [2.05, 4.69) is 18.8 Å². The van der Waals surface area contributed by atoms with E-state index in [-0.39, 0.29) is 6.61 Å². The number of unbranched alkanes of at least 4 members (excludes halogenated alkanes) is 4. The van der Waals surface area contributed by atoms with E-state index in [4.69, 9.17) is 9.84 Å². The molecule has 0 spiro atoms. The van der Waals surface area contributed by atoms with Gasteiger partial charge in [0.15, 0.2) is 5.60 Å². The first-order valence-corrected chi connectivity index (χ1v) is 5.08. The molecular formula is C11H18O2. The monoisotopic (exact) mass is 182 g/mol. The van der Waals surface area contributed by atoms with Crippen LogP contribution in [0.5, 0.6) is 0 Å². The highest BCUT2D eigenvalue weighted by atomic mass is 16.6. The molecule has 2 nitrogen and oxygen atoms in total. The summed E-state index contributed by atoms with van der Waals surface area (Å²) in [5.41, 5.74) is -0.468. The minimum atomic E-state index is -0.468. The molecule has 1 fully saturated rings. The molecule has 13 heavy (non-hydrogen) atoms. The average molecular weight is 182 g/mol. The van der Waals surface area contributed by atoms with Crippen molar-refractivity contribution in [1.29, 1.82) is 0 Å². The van der Waals surface area contributed by atoms with Crippen LogP contribution in [0.3, 0.4) is 0 Å². The largest absolute Gasteiger partial charge is 0.392 e. The zero-order chi connectivity index (χ0) is 9.57. The number of epoxide rings is 1. The van der Waals surface area contributed by atoms with Gasteiger partial charge in [-0.05, 0) is 6.42 Å². The molecule has 1 atom stereocenters. The minimum absolute atomic E-state index is 0.0367. The molecule has 1 aliphatic rings. The third-order valence-electron chi connectivity index (χ3n) is 2.22. The van der Waals surface area contributed by atoms with Crippen LogP contribution in [0.1, 0.15) is 39.0 Å². The summed E-state index contributed by atoms with van der Waals surface area (Å²) in [5, 5.41) is 8.87. The van der Waals surface area contributed by atoms with Gasteiger partial charge < -0.3 is 9.84 Å². The normalized spacial score (nSPS) is 25.1. The van der Waals surface area contributed by atoms with Crippen LogP contribution in [-0.4, -0.2) is 23.9 Å². The minimum Gasteiger partial charge on any atom is -0.392 e. The number of hydrogen-bond donors (Lipinski definition) is 1. The van der Waals surface area contributed by atoms with Crippen LogP contribution >= 0.6 is 0 Å². The van der Waals surface area contributed by atoms with E-state index in [0.717, 1.165) is 6.42 Å². The number of aliphatic hydroxyl groups excluding tert-OH is 1. The molecule has 0 unspecified atom stereocenters. The number of ether oxygens (including phenoxy) is 1. The van der Waals surface area contributed by atoms with Gasteiger partial charge >= 0.3 is 0 Å². The Hall–Kier alpha value is -0.520. The summed E-state index contributed by atoms with van der Waals surface area (Å²) in [7, 11) is 0. The highest BCUT2D eigenvalue weighted by Gasteiger charge is 2.42. The van der Waals surface area contributed by atoms with E-state index < -0.39 is 5.60 Å². The van der Waals surface area contributed by atoms with E-state index in [1.807, 2.05) is 0 Å². The first-order valence-electron chi connectivity index (χ1n) is 5.08. The fourth-order valence-corrected chi connectivity index (χ4v) is 1.15. The van der Waals surface area contributed by atoms with Crippen molar-refractivity contribution in [1.82, 2.24) is 0 Å². The van der Waals surface area contributed by atoms with Crippen molar-refractivity contribution in [3.05, 3.63) is 0 Å². The Labute approximate surface area is 80.3 Å². The molecule has 74 valence electrons. The summed E-state index contributed by atoms with van der Waals surface area (Å²) in [6.07, 6.45) is 5.92. The second-order valence-corrected chi connectivity index (χ2v) is 3.55. The van der Waals surface area contributed by atoms with Crippen molar-refractivity contribution in [3.63, 3.8) is 0 Å². The van der Waals surface area contributed by atoms with E-state index in [0.29, 0.717) is 6.61 Å². The van der Waals surface area contributed by atoms with Crippen LogP contribution in [-0.2, 0) is 4.74 Å². The number of aliphatic hydroxyl groups is 1. The SMILES string of the molecule is CCCCCCC#C[C@]1(CO)CO1. The summed E-state index contributed by atoms with van der Waals surface area (Å²) in [6, 6.07) is 0. The van der Waals surface area contributed by atoms with Crippen LogP contribution < -0.4 is 0 Å². The molecule has 0 aromatic rings. The molecule has 0 aromatic heterocycles. The Balaban J connectivity index is 2.04. The highest BCUT2D eigenvalue weighted by Crippen LogP contribution is 2.24. The molecular weight excluding hydrogens is 164 g/mol. The summed E-state index contributed by atoms with van der Waals surface area (Å²) in [5.74, 6) is 6.04. The van der Waals surface area contributed by atoms with E-state index >= 15 is 0 Å². The maximum atomic E-state index is 8.87. The lowest BCUT2D eigenvalue weighted by Gasteiger charge is -1.95. The molecule has 1 rings (SSSR count). The second-order valence-electron chi connectivity index (χ2n) is 3.55. The van der Waals surface area contributed by atoms with Gasteiger partial charge in [-0.15, -0.1) is 5.92 Å². The van der Waals surface area contributed by atoms with E-state index in [1.54, 1.807) is 0 Å². The van der Waals surface area contributed by atoms with E-state index in [1.165, 1.54) is 25.7 Å². The number of rotatable bonds is 5. The molecule has 1 aliphatic heterocycles. The Kier molecular flexibility index (Phi) is 4.27. The second kappa shape index (κ2) is 5.26. The van der Waals surface area contributed by atoms with Crippen molar-refractivity contribution < 1.29 is 9.84 Å². The van der Waals surface area contributed by atoms with Gasteiger partial charge in [0.25, 0.3) is 0 Å². The van der Waals surface area contributed by atoms with Crippen LogP contribution in [0, 0.1) is 11.8 Å². The number of hydrogen-bond acceptors (Lipinski definition) is 2. The molecule has 2 heteroatoms. The topological polar surface area (TPSA) is 32.8 Å². The zero-order valence-corrected chi connectivity index (χ0v) is 8.31. The van der Waals surface area contributed by atoms with Gasteiger partial charge in [-0.2, -0.15) is 0 Å².